The molecular formula is C14H33N2O3+. The molecule has 0 aliphatic carbocycles. The minimum atomic E-state index is 0.0628. The maximum absolute atomic E-state index is 10.9. The van der Waals surface area contributed by atoms with Gasteiger partial charge in [-0.2, -0.15) is 0 Å². The summed E-state index contributed by atoms with van der Waals surface area (Å²) >= 11 is 0. The number of hydrogen-bond acceptors (Lipinski definition) is 3. The van der Waals surface area contributed by atoms with Crippen LogP contribution in [0.3, 0.4) is 0 Å². The summed E-state index contributed by atoms with van der Waals surface area (Å²) in [5.74, 6) is 0.0628. The predicted octanol–water partition coefficient (Wildman–Crippen LogP) is 1.28. The van der Waals surface area contributed by atoms with Gasteiger partial charge in [0.15, 0.2) is 0 Å². The zero-order valence-electron chi connectivity index (χ0n) is 13.6. The van der Waals surface area contributed by atoms with Crippen LogP contribution in [0.5, 0.6) is 0 Å². The van der Waals surface area contributed by atoms with E-state index in [4.69, 9.17) is 9.47 Å². The molecule has 1 amide bonds. The van der Waals surface area contributed by atoms with Crippen molar-refractivity contribution in [1.82, 2.24) is 5.32 Å². The number of likely N-dealkylation sites (N-methyl/N-ethyl adjacent to an activating group) is 1. The van der Waals surface area contributed by atoms with Crippen LogP contribution in [-0.4, -0.2) is 71.1 Å². The lowest BCUT2D eigenvalue weighted by Crippen LogP contribution is -2.37. The van der Waals surface area contributed by atoms with Crippen molar-refractivity contribution >= 4 is 5.91 Å². The van der Waals surface area contributed by atoms with Crippen molar-refractivity contribution in [1.29, 1.82) is 0 Å². The molecule has 0 aliphatic heterocycles. The molecule has 19 heavy (non-hydrogen) atoms. The minimum Gasteiger partial charge on any atom is -0.377 e. The molecule has 5 heteroatoms. The Morgan fingerprint density at radius 2 is 1.53 bits per heavy atom. The molecule has 0 aliphatic rings. The molecule has 0 bridgehead atoms. The summed E-state index contributed by atoms with van der Waals surface area (Å²) in [6, 6.07) is 0. The van der Waals surface area contributed by atoms with Gasteiger partial charge in [-0.15, -0.1) is 0 Å². The molecule has 1 N–H and O–H groups in total. The van der Waals surface area contributed by atoms with Crippen LogP contribution in [0.25, 0.3) is 0 Å². The van der Waals surface area contributed by atoms with Crippen molar-refractivity contribution in [2.45, 2.75) is 27.2 Å². The minimum absolute atomic E-state index is 0.0628. The van der Waals surface area contributed by atoms with E-state index in [1.165, 1.54) is 0 Å². The second kappa shape index (κ2) is 13.8. The molecule has 5 nitrogen and oxygen atoms in total. The van der Waals surface area contributed by atoms with E-state index in [2.05, 4.69) is 26.5 Å². The Kier molecular flexibility index (Phi) is 15.0. The van der Waals surface area contributed by atoms with Crippen LogP contribution < -0.4 is 5.32 Å². The van der Waals surface area contributed by atoms with E-state index in [-0.39, 0.29) is 5.91 Å². The summed E-state index contributed by atoms with van der Waals surface area (Å²) in [4.78, 5) is 10.9. The Labute approximate surface area is 118 Å². The molecule has 0 heterocycles. The summed E-state index contributed by atoms with van der Waals surface area (Å²) in [5, 5.41) is 2.75. The van der Waals surface area contributed by atoms with E-state index >= 15 is 0 Å². The van der Waals surface area contributed by atoms with Crippen molar-refractivity contribution in [3.05, 3.63) is 0 Å². The lowest BCUT2D eigenvalue weighted by Gasteiger charge is -2.23. The van der Waals surface area contributed by atoms with Gasteiger partial charge in [-0.1, -0.05) is 20.8 Å². The number of nitrogens with one attached hydrogen (secondary N) is 1. The molecule has 0 saturated carbocycles. The summed E-state index contributed by atoms with van der Waals surface area (Å²) in [5.41, 5.74) is 0. The molecule has 0 saturated heterocycles. The Bertz CT molecular complexity index is 203. The highest BCUT2D eigenvalue weighted by molar-refractivity contribution is 5.75. The number of carbonyl (C=O) groups is 1. The van der Waals surface area contributed by atoms with Gasteiger partial charge < -0.3 is 19.3 Å². The summed E-state index contributed by atoms with van der Waals surface area (Å²) < 4.78 is 11.7. The monoisotopic (exact) mass is 277 g/mol. The van der Waals surface area contributed by atoms with Gasteiger partial charge in [0.25, 0.3) is 0 Å². The Morgan fingerprint density at radius 1 is 1.00 bits per heavy atom. The SMILES string of the molecule is CC.CCC(=O)NCCOCCOCC[N+](C)(C)C. The average Bonchev–Trinajstić information content (AvgIpc) is 2.37. The van der Waals surface area contributed by atoms with Crippen molar-refractivity contribution in [2.75, 3.05) is 60.7 Å². The first-order valence-electron chi connectivity index (χ1n) is 7.18. The fourth-order valence-electron chi connectivity index (χ4n) is 1.05. The van der Waals surface area contributed by atoms with Crippen molar-refractivity contribution in [2.24, 2.45) is 0 Å². The van der Waals surface area contributed by atoms with Gasteiger partial charge >= 0.3 is 0 Å². The standard InChI is InChI=1S/C12H26N2O3.C2H6/c1-5-12(15)13-6-8-16-10-11-17-9-7-14(2,3)4;1-2/h5-11H2,1-4H3;1-2H3/p+1. The lowest BCUT2D eigenvalue weighted by molar-refractivity contribution is -0.870. The zero-order chi connectivity index (χ0) is 15.1. The first-order valence-corrected chi connectivity index (χ1v) is 7.18. The summed E-state index contributed by atoms with van der Waals surface area (Å²) in [6.45, 7) is 9.89. The molecule has 0 radical (unpaired) electrons. The number of nitrogens with zero attached hydrogens (tertiary/aromatic N) is 1. The molecule has 0 rings (SSSR count). The first kappa shape index (κ1) is 20.7. The normalized spacial score (nSPS) is 10.6. The van der Waals surface area contributed by atoms with E-state index < -0.39 is 0 Å². The van der Waals surface area contributed by atoms with E-state index in [1.807, 2.05) is 20.8 Å². The highest BCUT2D eigenvalue weighted by Gasteiger charge is 2.05. The smallest absolute Gasteiger partial charge is 0.219 e. The van der Waals surface area contributed by atoms with Gasteiger partial charge in [0.1, 0.15) is 6.54 Å². The van der Waals surface area contributed by atoms with Crippen LogP contribution in [0, 0.1) is 0 Å². The third-order valence-corrected chi connectivity index (χ3v) is 2.17. The van der Waals surface area contributed by atoms with Crippen LogP contribution in [0.2, 0.25) is 0 Å². The number of ether oxygens (including phenoxy) is 2. The molecule has 0 aromatic rings. The number of rotatable bonds is 10. The van der Waals surface area contributed by atoms with E-state index in [1.54, 1.807) is 0 Å². The average molecular weight is 277 g/mol. The molecule has 116 valence electrons. The quantitative estimate of drug-likeness (QED) is 0.483. The fraction of sp³-hybridized carbons (Fsp3) is 0.929. The molecule has 0 unspecified atom stereocenters. The van der Waals surface area contributed by atoms with Gasteiger partial charge in [-0.25, -0.2) is 0 Å². The number of carbonyl (C=O) groups excluding carboxylic acids is 1. The topological polar surface area (TPSA) is 47.6 Å². The van der Waals surface area contributed by atoms with Gasteiger partial charge in [0, 0.05) is 13.0 Å². The van der Waals surface area contributed by atoms with Gasteiger partial charge in [-0.05, 0) is 0 Å². The molecular weight excluding hydrogens is 244 g/mol. The Morgan fingerprint density at radius 3 is 2.00 bits per heavy atom. The zero-order valence-corrected chi connectivity index (χ0v) is 13.6. The third-order valence-electron chi connectivity index (χ3n) is 2.17. The van der Waals surface area contributed by atoms with E-state index in [0.29, 0.717) is 32.8 Å². The number of hydrogen-bond donors (Lipinski definition) is 1. The van der Waals surface area contributed by atoms with Crippen LogP contribution in [-0.2, 0) is 14.3 Å². The number of quaternary nitrogens is 1. The highest BCUT2D eigenvalue weighted by Crippen LogP contribution is 1.89. The molecule has 0 fully saturated rings. The maximum Gasteiger partial charge on any atom is 0.219 e. The molecule has 0 atom stereocenters. The predicted molar refractivity (Wildman–Crippen MR) is 79.2 cm³/mol. The number of amides is 1. The van der Waals surface area contributed by atoms with Crippen LogP contribution in [0.1, 0.15) is 27.2 Å². The second-order valence-corrected chi connectivity index (χ2v) is 4.94. The lowest BCUT2D eigenvalue weighted by atomic mass is 10.4. The highest BCUT2D eigenvalue weighted by atomic mass is 16.5. The van der Waals surface area contributed by atoms with Crippen molar-refractivity contribution in [3.8, 4) is 0 Å². The van der Waals surface area contributed by atoms with Crippen molar-refractivity contribution < 1.29 is 18.8 Å². The second-order valence-electron chi connectivity index (χ2n) is 4.94. The summed E-state index contributed by atoms with van der Waals surface area (Å²) in [7, 11) is 6.41. The van der Waals surface area contributed by atoms with Crippen LogP contribution in [0.15, 0.2) is 0 Å². The molecule has 0 aromatic carbocycles. The fourth-order valence-corrected chi connectivity index (χ4v) is 1.05. The molecule has 0 aromatic heterocycles. The third kappa shape index (κ3) is 19.9. The van der Waals surface area contributed by atoms with Crippen molar-refractivity contribution in [3.63, 3.8) is 0 Å². The molecule has 0 spiro atoms. The van der Waals surface area contributed by atoms with Gasteiger partial charge in [0.05, 0.1) is 47.6 Å². The van der Waals surface area contributed by atoms with Crippen LogP contribution in [0.4, 0.5) is 0 Å². The van der Waals surface area contributed by atoms with Gasteiger partial charge in [-0.3, -0.25) is 4.79 Å². The van der Waals surface area contributed by atoms with Gasteiger partial charge in [0.2, 0.25) is 5.91 Å². The largest absolute Gasteiger partial charge is 0.377 e. The van der Waals surface area contributed by atoms with Crippen LogP contribution >= 0.6 is 0 Å². The van der Waals surface area contributed by atoms with E-state index in [9.17, 15) is 4.79 Å². The maximum atomic E-state index is 10.9. The Hall–Kier alpha value is -0.650. The Balaban J connectivity index is 0. The van der Waals surface area contributed by atoms with E-state index in [0.717, 1.165) is 17.6 Å². The summed E-state index contributed by atoms with van der Waals surface area (Å²) in [6.07, 6.45) is 0.522. The first-order chi connectivity index (χ1) is 8.95.